The maximum atomic E-state index is 12.4. The van der Waals surface area contributed by atoms with E-state index in [1.165, 1.54) is 0 Å². The number of carbonyl (C=O) groups excluding carboxylic acids is 1. The molecule has 0 aromatic heterocycles. The molecule has 3 atom stereocenters. The lowest BCUT2D eigenvalue weighted by atomic mass is 9.95. The number of hydrogen-bond acceptors (Lipinski definition) is 2. The average Bonchev–Trinajstić information content (AvgIpc) is 2.94. The first-order valence-electron chi connectivity index (χ1n) is 7.84. The van der Waals surface area contributed by atoms with Crippen LogP contribution in [0.3, 0.4) is 0 Å². The topological polar surface area (TPSA) is 41.1 Å². The van der Waals surface area contributed by atoms with Crippen molar-refractivity contribution in [2.45, 2.75) is 32.2 Å². The smallest absolute Gasteiger partial charge is 0.224 e. The number of carbonyl (C=O) groups is 1. The van der Waals surface area contributed by atoms with Gasteiger partial charge in [-0.2, -0.15) is 0 Å². The molecule has 120 valence electrons. The standard InChI is InChI=1S/C17H22Cl2N2O/c1-17(2,6-5-10-3-4-13(18)14(19)7-10)21-16(22)15-11-8-20-9-12(11)15/h3-4,7,11-12,15,20H,5-6,8-9H2,1-2H3,(H,21,22)/t11-,12+,15?. The lowest BCUT2D eigenvalue weighted by Gasteiger charge is -2.27. The number of halogens is 2. The summed E-state index contributed by atoms with van der Waals surface area (Å²) < 4.78 is 0. The van der Waals surface area contributed by atoms with Crippen LogP contribution in [0.5, 0.6) is 0 Å². The molecule has 1 aliphatic carbocycles. The van der Waals surface area contributed by atoms with Gasteiger partial charge in [0.15, 0.2) is 0 Å². The first-order valence-corrected chi connectivity index (χ1v) is 8.60. The van der Waals surface area contributed by atoms with Crippen molar-refractivity contribution in [3.8, 4) is 0 Å². The van der Waals surface area contributed by atoms with E-state index in [4.69, 9.17) is 23.2 Å². The van der Waals surface area contributed by atoms with Crippen LogP contribution in [0.1, 0.15) is 25.8 Å². The van der Waals surface area contributed by atoms with Crippen molar-refractivity contribution in [3.63, 3.8) is 0 Å². The molecule has 2 N–H and O–H groups in total. The molecule has 1 amide bonds. The summed E-state index contributed by atoms with van der Waals surface area (Å²) in [6.07, 6.45) is 1.74. The minimum absolute atomic E-state index is 0.215. The van der Waals surface area contributed by atoms with Gasteiger partial charge in [0.1, 0.15) is 0 Å². The first-order chi connectivity index (χ1) is 10.4. The van der Waals surface area contributed by atoms with Gasteiger partial charge < -0.3 is 10.6 Å². The minimum atomic E-state index is -0.215. The second kappa shape index (κ2) is 6.03. The van der Waals surface area contributed by atoms with E-state index in [0.29, 0.717) is 21.9 Å². The highest BCUT2D eigenvalue weighted by molar-refractivity contribution is 6.42. The van der Waals surface area contributed by atoms with Crippen molar-refractivity contribution in [1.29, 1.82) is 0 Å². The first kappa shape index (κ1) is 16.1. The van der Waals surface area contributed by atoms with Crippen LogP contribution >= 0.6 is 23.2 Å². The monoisotopic (exact) mass is 340 g/mol. The van der Waals surface area contributed by atoms with Gasteiger partial charge in [-0.3, -0.25) is 4.79 Å². The van der Waals surface area contributed by atoms with Gasteiger partial charge in [-0.05, 0) is 69.3 Å². The van der Waals surface area contributed by atoms with Gasteiger partial charge in [-0.25, -0.2) is 0 Å². The Hall–Kier alpha value is -0.770. The molecule has 1 unspecified atom stereocenters. The van der Waals surface area contributed by atoms with Crippen LogP contribution in [0.15, 0.2) is 18.2 Å². The zero-order valence-corrected chi connectivity index (χ0v) is 14.5. The van der Waals surface area contributed by atoms with E-state index in [0.717, 1.165) is 31.5 Å². The molecule has 1 saturated carbocycles. The van der Waals surface area contributed by atoms with Crippen LogP contribution < -0.4 is 10.6 Å². The Morgan fingerprint density at radius 3 is 2.59 bits per heavy atom. The van der Waals surface area contributed by atoms with Crippen LogP contribution in [0.2, 0.25) is 10.0 Å². The van der Waals surface area contributed by atoms with Crippen LogP contribution in [-0.4, -0.2) is 24.5 Å². The SMILES string of the molecule is CC(C)(CCc1ccc(Cl)c(Cl)c1)NC(=O)C1[C@H]2CNC[C@@H]12. The summed E-state index contributed by atoms with van der Waals surface area (Å²) in [6, 6.07) is 5.71. The Kier molecular flexibility index (Phi) is 4.41. The molecule has 2 aliphatic rings. The van der Waals surface area contributed by atoms with E-state index in [9.17, 15) is 4.79 Å². The summed E-state index contributed by atoms with van der Waals surface area (Å²) in [5, 5.41) is 7.70. The Bertz CT molecular complexity index is 578. The Morgan fingerprint density at radius 2 is 1.95 bits per heavy atom. The zero-order valence-electron chi connectivity index (χ0n) is 13.0. The van der Waals surface area contributed by atoms with Gasteiger partial charge in [-0.1, -0.05) is 29.3 Å². The molecular weight excluding hydrogens is 319 g/mol. The van der Waals surface area contributed by atoms with E-state index >= 15 is 0 Å². The van der Waals surface area contributed by atoms with Crippen molar-refractivity contribution in [1.82, 2.24) is 10.6 Å². The summed E-state index contributed by atoms with van der Waals surface area (Å²) in [5.74, 6) is 1.57. The number of aryl methyl sites for hydroxylation is 1. The fraction of sp³-hybridized carbons (Fsp3) is 0.588. The lowest BCUT2D eigenvalue weighted by Crippen LogP contribution is -2.45. The van der Waals surface area contributed by atoms with Crippen molar-refractivity contribution in [3.05, 3.63) is 33.8 Å². The lowest BCUT2D eigenvalue weighted by molar-refractivity contribution is -0.124. The van der Waals surface area contributed by atoms with Gasteiger partial charge in [0.2, 0.25) is 5.91 Å². The maximum absolute atomic E-state index is 12.4. The second-order valence-corrected chi connectivity index (χ2v) is 7.95. The molecule has 1 aliphatic heterocycles. The Morgan fingerprint density at radius 1 is 1.27 bits per heavy atom. The molecule has 0 spiro atoms. The van der Waals surface area contributed by atoms with Gasteiger partial charge >= 0.3 is 0 Å². The highest BCUT2D eigenvalue weighted by atomic mass is 35.5. The van der Waals surface area contributed by atoms with E-state index < -0.39 is 0 Å². The predicted molar refractivity (Wildman–Crippen MR) is 90.3 cm³/mol. The Labute approximate surface area is 141 Å². The highest BCUT2D eigenvalue weighted by Gasteiger charge is 2.57. The molecule has 2 fully saturated rings. The molecule has 0 bridgehead atoms. The van der Waals surface area contributed by atoms with Crippen LogP contribution in [-0.2, 0) is 11.2 Å². The normalized spacial score (nSPS) is 26.6. The maximum Gasteiger partial charge on any atom is 0.224 e. The number of piperidine rings is 1. The van der Waals surface area contributed by atoms with E-state index in [2.05, 4.69) is 24.5 Å². The predicted octanol–water partition coefficient (Wildman–Crippen LogP) is 3.29. The number of benzene rings is 1. The molecule has 1 heterocycles. The number of fused-ring (bicyclic) bond motifs is 1. The van der Waals surface area contributed by atoms with Crippen molar-refractivity contribution >= 4 is 29.1 Å². The minimum Gasteiger partial charge on any atom is -0.351 e. The molecule has 1 saturated heterocycles. The molecule has 1 aromatic rings. The fourth-order valence-electron chi connectivity index (χ4n) is 3.44. The summed E-state index contributed by atoms with van der Waals surface area (Å²) in [6.45, 7) is 6.15. The van der Waals surface area contributed by atoms with E-state index in [1.54, 1.807) is 0 Å². The van der Waals surface area contributed by atoms with Gasteiger partial charge in [0.25, 0.3) is 0 Å². The highest BCUT2D eigenvalue weighted by Crippen LogP contribution is 2.48. The van der Waals surface area contributed by atoms with Crippen LogP contribution in [0, 0.1) is 17.8 Å². The number of amides is 1. The Balaban J connectivity index is 1.52. The molecule has 3 rings (SSSR count). The van der Waals surface area contributed by atoms with Crippen LogP contribution in [0.4, 0.5) is 0 Å². The molecule has 1 aromatic carbocycles. The quantitative estimate of drug-likeness (QED) is 0.863. The summed E-state index contributed by atoms with van der Waals surface area (Å²) in [5.41, 5.74) is 0.928. The van der Waals surface area contributed by atoms with Crippen molar-refractivity contribution < 1.29 is 4.79 Å². The summed E-state index contributed by atoms with van der Waals surface area (Å²) in [4.78, 5) is 12.4. The van der Waals surface area contributed by atoms with E-state index in [1.807, 2.05) is 18.2 Å². The summed E-state index contributed by atoms with van der Waals surface area (Å²) in [7, 11) is 0. The third-order valence-corrected chi connectivity index (χ3v) is 5.62. The largest absolute Gasteiger partial charge is 0.351 e. The molecule has 0 radical (unpaired) electrons. The van der Waals surface area contributed by atoms with Crippen molar-refractivity contribution in [2.75, 3.05) is 13.1 Å². The third kappa shape index (κ3) is 3.42. The number of hydrogen-bond donors (Lipinski definition) is 2. The molecule has 22 heavy (non-hydrogen) atoms. The number of nitrogens with one attached hydrogen (secondary N) is 2. The second-order valence-electron chi connectivity index (χ2n) is 7.13. The van der Waals surface area contributed by atoms with Crippen molar-refractivity contribution in [2.24, 2.45) is 17.8 Å². The molecular formula is C17H22Cl2N2O. The van der Waals surface area contributed by atoms with Gasteiger partial charge in [-0.15, -0.1) is 0 Å². The van der Waals surface area contributed by atoms with Gasteiger partial charge in [0, 0.05) is 11.5 Å². The van der Waals surface area contributed by atoms with E-state index in [-0.39, 0.29) is 17.4 Å². The number of rotatable bonds is 5. The fourth-order valence-corrected chi connectivity index (χ4v) is 3.76. The zero-order chi connectivity index (χ0) is 15.9. The summed E-state index contributed by atoms with van der Waals surface area (Å²) >= 11 is 12.0. The van der Waals surface area contributed by atoms with Crippen LogP contribution in [0.25, 0.3) is 0 Å². The van der Waals surface area contributed by atoms with Gasteiger partial charge in [0.05, 0.1) is 10.0 Å². The molecule has 3 nitrogen and oxygen atoms in total. The molecule has 5 heteroatoms. The average molecular weight is 341 g/mol. The third-order valence-electron chi connectivity index (χ3n) is 4.88.